The molecule has 0 fully saturated rings. The maximum absolute atomic E-state index is 12.2. The van der Waals surface area contributed by atoms with Crippen molar-refractivity contribution in [1.29, 1.82) is 0 Å². The largest absolute Gasteiger partial charge is 0.372 e. The van der Waals surface area contributed by atoms with Crippen LogP contribution >= 0.6 is 0 Å². The zero-order valence-electron chi connectivity index (χ0n) is 17.8. The fourth-order valence-corrected chi connectivity index (χ4v) is 3.80. The zero-order chi connectivity index (χ0) is 22.9. The number of nitrogens with one attached hydrogen (secondary N) is 3. The first-order valence-electron chi connectivity index (χ1n) is 9.96. The van der Waals surface area contributed by atoms with Gasteiger partial charge in [0.15, 0.2) is 0 Å². The maximum Gasteiger partial charge on any atom is 0.269 e. The molecule has 2 aromatic rings. The molecule has 0 bridgehead atoms. The number of carbonyl (C=O) groups excluding carboxylic acids is 2. The Morgan fingerprint density at radius 3 is 2.16 bits per heavy atom. The molecule has 1 atom stereocenters. The summed E-state index contributed by atoms with van der Waals surface area (Å²) in [5, 5.41) is 0.988. The normalized spacial score (nSPS) is 12.4. The molecule has 0 heterocycles. The van der Waals surface area contributed by atoms with E-state index in [0.29, 0.717) is 11.1 Å². The molecule has 2 rings (SSSR count). The van der Waals surface area contributed by atoms with E-state index in [4.69, 9.17) is 0 Å². The van der Waals surface area contributed by atoms with Crippen molar-refractivity contribution in [2.24, 2.45) is 0 Å². The molecule has 166 valence electrons. The molecule has 0 spiro atoms. The lowest BCUT2D eigenvalue weighted by molar-refractivity contribution is -0.123. The molecule has 8 nitrogen and oxygen atoms in total. The lowest BCUT2D eigenvalue weighted by Crippen LogP contribution is -2.50. The highest BCUT2D eigenvalue weighted by atomic mass is 32.2. The van der Waals surface area contributed by atoms with Crippen LogP contribution in [0.4, 0.5) is 5.69 Å². The fraction of sp³-hybridized carbons (Fsp3) is 0.273. The summed E-state index contributed by atoms with van der Waals surface area (Å²) in [5.41, 5.74) is 6.61. The first-order valence-corrected chi connectivity index (χ1v) is 11.5. The van der Waals surface area contributed by atoms with Gasteiger partial charge in [-0.25, -0.2) is 8.42 Å². The molecule has 31 heavy (non-hydrogen) atoms. The molecule has 0 aliphatic carbocycles. The van der Waals surface area contributed by atoms with Gasteiger partial charge in [0.1, 0.15) is 0 Å². The average molecular weight is 445 g/mol. The van der Waals surface area contributed by atoms with E-state index in [1.807, 2.05) is 32.0 Å². The number of benzene rings is 2. The number of hydrogen-bond donors (Lipinski definition) is 3. The molecule has 0 radical (unpaired) electrons. The quantitative estimate of drug-likeness (QED) is 0.515. The van der Waals surface area contributed by atoms with Gasteiger partial charge in [-0.1, -0.05) is 30.3 Å². The Morgan fingerprint density at radius 2 is 1.58 bits per heavy atom. The zero-order valence-corrected chi connectivity index (χ0v) is 18.6. The Hall–Kier alpha value is -3.17. The molecule has 2 amide bonds. The van der Waals surface area contributed by atoms with Crippen molar-refractivity contribution in [3.8, 4) is 0 Å². The second-order valence-electron chi connectivity index (χ2n) is 6.76. The number of carbonyl (C=O) groups is 2. The number of anilines is 1. The maximum atomic E-state index is 12.2. The number of hydrazine groups is 1. The van der Waals surface area contributed by atoms with E-state index < -0.39 is 27.9 Å². The molecular weight excluding hydrogens is 416 g/mol. The van der Waals surface area contributed by atoms with Crippen molar-refractivity contribution >= 4 is 33.6 Å². The average Bonchev–Trinajstić information content (AvgIpc) is 2.77. The molecule has 1 unspecified atom stereocenters. The first-order chi connectivity index (χ1) is 14.8. The molecular formula is C22H28N4O4S. The van der Waals surface area contributed by atoms with Crippen LogP contribution in [-0.2, 0) is 14.8 Å². The number of hydrogen-bond acceptors (Lipinski definition) is 5. The Bertz CT molecular complexity index is 1000. The number of sulfonamides is 1. The van der Waals surface area contributed by atoms with Gasteiger partial charge >= 0.3 is 0 Å². The summed E-state index contributed by atoms with van der Waals surface area (Å²) < 4.78 is 26.5. The van der Waals surface area contributed by atoms with E-state index in [9.17, 15) is 18.0 Å². The van der Waals surface area contributed by atoms with E-state index in [2.05, 4.69) is 20.5 Å². The van der Waals surface area contributed by atoms with Gasteiger partial charge in [-0.15, -0.1) is 0 Å². The van der Waals surface area contributed by atoms with E-state index in [-0.39, 0.29) is 0 Å². The van der Waals surface area contributed by atoms with Crippen molar-refractivity contribution < 1.29 is 18.0 Å². The van der Waals surface area contributed by atoms with Crippen LogP contribution in [0.3, 0.4) is 0 Å². The Balaban J connectivity index is 1.88. The van der Waals surface area contributed by atoms with Crippen LogP contribution in [0, 0.1) is 0 Å². The van der Waals surface area contributed by atoms with Gasteiger partial charge in [-0.3, -0.25) is 20.4 Å². The molecule has 0 saturated heterocycles. The molecule has 0 aliphatic rings. The van der Waals surface area contributed by atoms with E-state index in [0.717, 1.165) is 24.2 Å². The van der Waals surface area contributed by atoms with Gasteiger partial charge in [0, 0.05) is 29.7 Å². The molecule has 0 aliphatic heterocycles. The summed E-state index contributed by atoms with van der Waals surface area (Å²) in [6.07, 6.45) is 1.43. The van der Waals surface area contributed by atoms with Gasteiger partial charge in [0.25, 0.3) is 11.8 Å². The molecule has 0 aromatic heterocycles. The fourth-order valence-electron chi connectivity index (χ4n) is 2.78. The summed E-state index contributed by atoms with van der Waals surface area (Å²) in [6, 6.07) is 14.8. The third-order valence-electron chi connectivity index (χ3n) is 4.53. The molecule has 2 aromatic carbocycles. The summed E-state index contributed by atoms with van der Waals surface area (Å²) in [7, 11) is -3.84. The highest BCUT2D eigenvalue weighted by Gasteiger charge is 2.19. The predicted molar refractivity (Wildman–Crippen MR) is 123 cm³/mol. The van der Waals surface area contributed by atoms with Crippen LogP contribution in [0.2, 0.25) is 0 Å². The monoisotopic (exact) mass is 444 g/mol. The highest BCUT2D eigenvalue weighted by molar-refractivity contribution is 7.92. The van der Waals surface area contributed by atoms with Crippen molar-refractivity contribution in [2.75, 3.05) is 18.0 Å². The van der Waals surface area contributed by atoms with Crippen molar-refractivity contribution in [2.45, 2.75) is 26.8 Å². The summed E-state index contributed by atoms with van der Waals surface area (Å²) in [5.74, 6) is -1.19. The minimum absolute atomic E-state index is 0.371. The number of amides is 2. The van der Waals surface area contributed by atoms with E-state index in [1.54, 1.807) is 36.4 Å². The highest BCUT2D eigenvalue weighted by Crippen LogP contribution is 2.14. The standard InChI is InChI=1S/C22H28N4O4S/c1-4-26(5-2)20-13-11-19(12-14-20)22(28)24-23-21(27)17(3)25-31(29,30)16-15-18-9-7-6-8-10-18/h6-17,25H,4-5H2,1-3H3,(H,23,27)(H,24,28)/b16-15+. The minimum Gasteiger partial charge on any atom is -0.372 e. The second kappa shape index (κ2) is 11.3. The van der Waals surface area contributed by atoms with Crippen LogP contribution in [0.1, 0.15) is 36.7 Å². The summed E-state index contributed by atoms with van der Waals surface area (Å²) in [6.45, 7) is 7.19. The third kappa shape index (κ3) is 7.54. The van der Waals surface area contributed by atoms with Gasteiger partial charge in [-0.05, 0) is 56.7 Å². The molecule has 9 heteroatoms. The van der Waals surface area contributed by atoms with Crippen molar-refractivity contribution in [3.05, 3.63) is 71.1 Å². The van der Waals surface area contributed by atoms with Crippen LogP contribution in [-0.4, -0.2) is 39.4 Å². The van der Waals surface area contributed by atoms with Gasteiger partial charge < -0.3 is 4.90 Å². The molecule has 3 N–H and O–H groups in total. The smallest absolute Gasteiger partial charge is 0.269 e. The SMILES string of the molecule is CCN(CC)c1ccc(C(=O)NNC(=O)C(C)NS(=O)(=O)/C=C/c2ccccc2)cc1. The van der Waals surface area contributed by atoms with Crippen LogP contribution < -0.4 is 20.5 Å². The number of nitrogens with zero attached hydrogens (tertiary/aromatic N) is 1. The van der Waals surface area contributed by atoms with E-state index >= 15 is 0 Å². The third-order valence-corrected chi connectivity index (χ3v) is 5.71. The van der Waals surface area contributed by atoms with Crippen LogP contribution in [0.15, 0.2) is 60.0 Å². The van der Waals surface area contributed by atoms with Gasteiger partial charge in [0.05, 0.1) is 6.04 Å². The first kappa shape index (κ1) is 24.1. The van der Waals surface area contributed by atoms with E-state index in [1.165, 1.54) is 13.0 Å². The van der Waals surface area contributed by atoms with Crippen molar-refractivity contribution in [3.63, 3.8) is 0 Å². The Morgan fingerprint density at radius 1 is 0.968 bits per heavy atom. The summed E-state index contributed by atoms with van der Waals surface area (Å²) >= 11 is 0. The lowest BCUT2D eigenvalue weighted by atomic mass is 10.2. The van der Waals surface area contributed by atoms with Crippen LogP contribution in [0.5, 0.6) is 0 Å². The Labute approximate surface area is 183 Å². The van der Waals surface area contributed by atoms with Crippen molar-refractivity contribution in [1.82, 2.24) is 15.6 Å². The second-order valence-corrected chi connectivity index (χ2v) is 8.36. The Kier molecular flexibility index (Phi) is 8.77. The van der Waals surface area contributed by atoms with Gasteiger partial charge in [0.2, 0.25) is 10.0 Å². The number of rotatable bonds is 9. The van der Waals surface area contributed by atoms with Crippen LogP contribution in [0.25, 0.3) is 6.08 Å². The predicted octanol–water partition coefficient (Wildman–Crippen LogP) is 2.27. The minimum atomic E-state index is -3.84. The molecule has 0 saturated carbocycles. The summed E-state index contributed by atoms with van der Waals surface area (Å²) in [4.78, 5) is 26.6. The lowest BCUT2D eigenvalue weighted by Gasteiger charge is -2.21. The van der Waals surface area contributed by atoms with Gasteiger partial charge in [-0.2, -0.15) is 4.72 Å². The topological polar surface area (TPSA) is 108 Å².